The number of aliphatic hydroxyl groups is 1. The maximum absolute atomic E-state index is 13.7. The van der Waals surface area contributed by atoms with Gasteiger partial charge >= 0.3 is 0 Å². The summed E-state index contributed by atoms with van der Waals surface area (Å²) >= 11 is 0. The molecule has 1 aromatic rings. The van der Waals surface area contributed by atoms with E-state index in [0.717, 1.165) is 37.7 Å². The first-order chi connectivity index (χ1) is 13.3. The number of methoxy groups -OCH3 is 1. The zero-order chi connectivity index (χ0) is 19.7. The van der Waals surface area contributed by atoms with Crippen LogP contribution in [0.2, 0.25) is 0 Å². The number of likely N-dealkylation sites (tertiary alicyclic amines) is 1. The predicted molar refractivity (Wildman–Crippen MR) is 103 cm³/mol. The van der Waals surface area contributed by atoms with Crippen LogP contribution in [0.1, 0.15) is 51.0 Å². The number of ether oxygens (including phenoxy) is 1. The summed E-state index contributed by atoms with van der Waals surface area (Å²) in [5, 5.41) is 10.1. The van der Waals surface area contributed by atoms with E-state index in [0.29, 0.717) is 37.3 Å². The third-order valence-corrected chi connectivity index (χ3v) is 8.26. The molecule has 5 aliphatic rings. The number of β-amino-alcohol motifs (C(OH)–C–C–N with tert-alkyl or cyclic N) is 1. The molecule has 1 heterocycles. The summed E-state index contributed by atoms with van der Waals surface area (Å²) in [5.41, 5.74) is 0.0620. The van der Waals surface area contributed by atoms with Gasteiger partial charge < -0.3 is 14.7 Å². The third-order valence-electron chi connectivity index (χ3n) is 8.26. The molecule has 1 aromatic carbocycles. The fourth-order valence-corrected chi connectivity index (χ4v) is 7.21. The minimum absolute atomic E-state index is 0.0382. The van der Waals surface area contributed by atoms with Crippen LogP contribution in [-0.2, 0) is 14.9 Å². The van der Waals surface area contributed by atoms with Crippen LogP contribution in [0.4, 0.5) is 4.39 Å². The Morgan fingerprint density at radius 2 is 1.79 bits per heavy atom. The third kappa shape index (κ3) is 2.66. The highest BCUT2D eigenvalue weighted by Gasteiger charge is 2.63. The van der Waals surface area contributed by atoms with Gasteiger partial charge in [-0.3, -0.25) is 4.79 Å². The van der Waals surface area contributed by atoms with Crippen molar-refractivity contribution in [1.82, 2.24) is 4.90 Å². The number of rotatable bonds is 4. The minimum atomic E-state index is -0.761. The van der Waals surface area contributed by atoms with Gasteiger partial charge in [0, 0.05) is 18.9 Å². The lowest BCUT2D eigenvalue weighted by molar-refractivity contribution is -0.187. The SMILES string of the molecule is COC12CC3CC(C1)C(CC(=O)N1CC(C)(O)C1)(c1ccc(F)cc1)C(C3)C2. The number of halogens is 1. The molecule has 0 spiro atoms. The molecule has 1 N–H and O–H groups in total. The van der Waals surface area contributed by atoms with Gasteiger partial charge in [-0.1, -0.05) is 12.1 Å². The Morgan fingerprint density at radius 3 is 2.32 bits per heavy atom. The molecule has 1 aliphatic heterocycles. The molecular weight excluding hydrogens is 357 g/mol. The number of carbonyl (C=O) groups is 1. The van der Waals surface area contributed by atoms with E-state index in [-0.39, 0.29) is 22.7 Å². The smallest absolute Gasteiger partial charge is 0.223 e. The summed E-state index contributed by atoms with van der Waals surface area (Å²) < 4.78 is 19.7. The molecule has 4 bridgehead atoms. The second kappa shape index (κ2) is 6.02. The molecule has 28 heavy (non-hydrogen) atoms. The largest absolute Gasteiger partial charge is 0.386 e. The number of hydrogen-bond acceptors (Lipinski definition) is 3. The van der Waals surface area contributed by atoms with E-state index < -0.39 is 5.60 Å². The molecule has 2 unspecified atom stereocenters. The Morgan fingerprint density at radius 1 is 1.18 bits per heavy atom. The summed E-state index contributed by atoms with van der Waals surface area (Å²) in [4.78, 5) is 15.0. The highest BCUT2D eigenvalue weighted by molar-refractivity contribution is 5.79. The Hall–Kier alpha value is -1.46. The molecule has 152 valence electrons. The standard InChI is InChI=1S/C23H30FNO3/c1-21(27)13-25(14-21)20(26)12-23(16-3-5-19(24)6-4-16)17-7-15-8-18(23)11-22(9-15,10-17)28-2/h3-6,15,17-18,27H,7-14H2,1-2H3. The van der Waals surface area contributed by atoms with E-state index >= 15 is 0 Å². The molecule has 2 atom stereocenters. The maximum atomic E-state index is 13.7. The summed E-state index contributed by atoms with van der Waals surface area (Å²) in [7, 11) is 1.83. The van der Waals surface area contributed by atoms with Gasteiger partial charge in [0.05, 0.1) is 24.3 Å². The van der Waals surface area contributed by atoms with Crippen LogP contribution in [0, 0.1) is 23.6 Å². The summed E-state index contributed by atoms with van der Waals surface area (Å²) in [6.45, 7) is 2.59. The van der Waals surface area contributed by atoms with Crippen LogP contribution >= 0.6 is 0 Å². The molecule has 4 aliphatic carbocycles. The zero-order valence-corrected chi connectivity index (χ0v) is 16.8. The Kier molecular flexibility index (Phi) is 3.99. The lowest BCUT2D eigenvalue weighted by atomic mass is 9.41. The first-order valence-corrected chi connectivity index (χ1v) is 10.6. The van der Waals surface area contributed by atoms with Crippen molar-refractivity contribution in [2.24, 2.45) is 17.8 Å². The Bertz CT molecular complexity index is 766. The van der Waals surface area contributed by atoms with Crippen LogP contribution in [0.3, 0.4) is 0 Å². The maximum Gasteiger partial charge on any atom is 0.223 e. The van der Waals surface area contributed by atoms with Gasteiger partial charge in [-0.05, 0) is 74.5 Å². The highest BCUT2D eigenvalue weighted by atomic mass is 19.1. The lowest BCUT2D eigenvalue weighted by Crippen LogP contribution is -2.66. The van der Waals surface area contributed by atoms with Crippen molar-refractivity contribution in [3.05, 3.63) is 35.6 Å². The van der Waals surface area contributed by atoms with Crippen molar-refractivity contribution in [3.63, 3.8) is 0 Å². The molecule has 5 heteroatoms. The second-order valence-corrected chi connectivity index (χ2v) is 10.2. The number of carbonyl (C=O) groups excluding carboxylic acids is 1. The Balaban J connectivity index is 1.51. The van der Waals surface area contributed by atoms with Crippen LogP contribution in [0.15, 0.2) is 24.3 Å². The van der Waals surface area contributed by atoms with E-state index in [1.165, 1.54) is 12.1 Å². The van der Waals surface area contributed by atoms with Crippen LogP contribution in [0.25, 0.3) is 0 Å². The van der Waals surface area contributed by atoms with Crippen LogP contribution in [0.5, 0.6) is 0 Å². The van der Waals surface area contributed by atoms with Gasteiger partial charge in [0.25, 0.3) is 0 Å². The van der Waals surface area contributed by atoms with E-state index in [1.807, 2.05) is 19.2 Å². The molecule has 1 saturated heterocycles. The molecular formula is C23H30FNO3. The molecule has 5 fully saturated rings. The number of amides is 1. The second-order valence-electron chi connectivity index (χ2n) is 10.2. The van der Waals surface area contributed by atoms with Crippen molar-refractivity contribution >= 4 is 5.91 Å². The fourth-order valence-electron chi connectivity index (χ4n) is 7.21. The van der Waals surface area contributed by atoms with Crippen molar-refractivity contribution in [1.29, 1.82) is 0 Å². The summed E-state index contributed by atoms with van der Waals surface area (Å²) in [6.07, 6.45) is 5.82. The normalized spacial score (nSPS) is 40.4. The van der Waals surface area contributed by atoms with Crippen molar-refractivity contribution < 1.29 is 19.0 Å². The van der Waals surface area contributed by atoms with Crippen LogP contribution in [-0.4, -0.2) is 47.3 Å². The van der Waals surface area contributed by atoms with E-state index in [1.54, 1.807) is 11.8 Å². The fraction of sp³-hybridized carbons (Fsp3) is 0.696. The highest BCUT2D eigenvalue weighted by Crippen LogP contribution is 2.66. The molecule has 0 aromatic heterocycles. The molecule has 4 saturated carbocycles. The van der Waals surface area contributed by atoms with Gasteiger partial charge in [-0.25, -0.2) is 4.39 Å². The average molecular weight is 387 g/mol. The van der Waals surface area contributed by atoms with Gasteiger partial charge in [-0.2, -0.15) is 0 Å². The summed E-state index contributed by atoms with van der Waals surface area (Å²) in [6, 6.07) is 6.87. The minimum Gasteiger partial charge on any atom is -0.386 e. The predicted octanol–water partition coefficient (Wildman–Crippen LogP) is 3.27. The van der Waals surface area contributed by atoms with E-state index in [4.69, 9.17) is 4.74 Å². The molecule has 4 nitrogen and oxygen atoms in total. The van der Waals surface area contributed by atoms with Gasteiger partial charge in [-0.15, -0.1) is 0 Å². The average Bonchev–Trinajstić information content (AvgIpc) is 2.63. The van der Waals surface area contributed by atoms with E-state index in [9.17, 15) is 14.3 Å². The van der Waals surface area contributed by atoms with Crippen molar-refractivity contribution in [2.45, 2.75) is 62.1 Å². The molecule has 6 rings (SSSR count). The zero-order valence-electron chi connectivity index (χ0n) is 16.8. The van der Waals surface area contributed by atoms with Gasteiger partial charge in [0.15, 0.2) is 0 Å². The lowest BCUT2D eigenvalue weighted by Gasteiger charge is -2.65. The molecule has 0 radical (unpaired) electrons. The summed E-state index contributed by atoms with van der Waals surface area (Å²) in [5.74, 6) is 1.33. The quantitative estimate of drug-likeness (QED) is 0.863. The Labute approximate surface area is 166 Å². The van der Waals surface area contributed by atoms with Crippen molar-refractivity contribution in [2.75, 3.05) is 20.2 Å². The number of benzene rings is 1. The topological polar surface area (TPSA) is 49.8 Å². The molecule has 1 amide bonds. The first kappa shape index (κ1) is 18.6. The van der Waals surface area contributed by atoms with Crippen molar-refractivity contribution in [3.8, 4) is 0 Å². The first-order valence-electron chi connectivity index (χ1n) is 10.6. The van der Waals surface area contributed by atoms with Gasteiger partial charge in [0.1, 0.15) is 5.82 Å². The van der Waals surface area contributed by atoms with E-state index in [2.05, 4.69) is 0 Å². The number of hydrogen-bond donors (Lipinski definition) is 1. The van der Waals surface area contributed by atoms with Gasteiger partial charge in [0.2, 0.25) is 5.91 Å². The number of nitrogens with zero attached hydrogens (tertiary/aromatic N) is 1. The monoisotopic (exact) mass is 387 g/mol. The van der Waals surface area contributed by atoms with Crippen LogP contribution < -0.4 is 0 Å².